The van der Waals surface area contributed by atoms with Gasteiger partial charge < -0.3 is 15.4 Å². The molecule has 0 heterocycles. The van der Waals surface area contributed by atoms with Crippen LogP contribution < -0.4 is 10.5 Å². The molecule has 0 aliphatic heterocycles. The van der Waals surface area contributed by atoms with E-state index in [1.165, 1.54) is 12.1 Å². The molecule has 0 atom stereocenters. The topological polar surface area (TPSA) is 50.8 Å². The van der Waals surface area contributed by atoms with Crippen LogP contribution in [0.15, 0.2) is 29.3 Å². The van der Waals surface area contributed by atoms with Gasteiger partial charge in [0.15, 0.2) is 5.96 Å². The zero-order valence-corrected chi connectivity index (χ0v) is 12.3. The van der Waals surface area contributed by atoms with E-state index in [4.69, 9.17) is 10.5 Å². The first kappa shape index (κ1) is 16.3. The van der Waals surface area contributed by atoms with Crippen molar-refractivity contribution in [1.29, 1.82) is 0 Å². The number of guanidine groups is 1. The monoisotopic (exact) mass is 281 g/mol. The summed E-state index contributed by atoms with van der Waals surface area (Å²) in [6, 6.07) is 6.05. The van der Waals surface area contributed by atoms with Crippen LogP contribution in [0.4, 0.5) is 4.39 Å². The molecule has 0 aliphatic carbocycles. The van der Waals surface area contributed by atoms with Crippen molar-refractivity contribution in [3.05, 3.63) is 30.1 Å². The summed E-state index contributed by atoms with van der Waals surface area (Å²) in [6.07, 6.45) is 1.82. The summed E-state index contributed by atoms with van der Waals surface area (Å²) in [7, 11) is 0. The molecule has 0 fully saturated rings. The molecular formula is C15H24FN3O. The van der Waals surface area contributed by atoms with Gasteiger partial charge in [0.05, 0.1) is 6.61 Å². The van der Waals surface area contributed by atoms with Gasteiger partial charge in [-0.1, -0.05) is 0 Å². The van der Waals surface area contributed by atoms with Gasteiger partial charge in [0.1, 0.15) is 11.6 Å². The Balaban J connectivity index is 2.16. The molecule has 0 saturated heterocycles. The largest absolute Gasteiger partial charge is 0.494 e. The summed E-state index contributed by atoms with van der Waals surface area (Å²) in [4.78, 5) is 6.36. The normalized spacial score (nSPS) is 11.4. The number of halogens is 1. The second-order valence-corrected chi connectivity index (χ2v) is 4.42. The summed E-state index contributed by atoms with van der Waals surface area (Å²) in [6.45, 7) is 7.17. The van der Waals surface area contributed by atoms with Crippen molar-refractivity contribution in [3.8, 4) is 5.75 Å². The molecule has 5 heteroatoms. The molecule has 0 bridgehead atoms. The van der Waals surface area contributed by atoms with Crippen LogP contribution in [0, 0.1) is 5.82 Å². The minimum Gasteiger partial charge on any atom is -0.494 e. The van der Waals surface area contributed by atoms with Gasteiger partial charge in [-0.15, -0.1) is 0 Å². The van der Waals surface area contributed by atoms with E-state index in [9.17, 15) is 4.39 Å². The fraction of sp³-hybridized carbons (Fsp3) is 0.533. The highest BCUT2D eigenvalue weighted by Gasteiger charge is 2.01. The van der Waals surface area contributed by atoms with Crippen molar-refractivity contribution in [2.45, 2.75) is 26.7 Å². The summed E-state index contributed by atoms with van der Waals surface area (Å²) < 4.78 is 18.2. The van der Waals surface area contributed by atoms with Crippen LogP contribution in [0.5, 0.6) is 5.75 Å². The van der Waals surface area contributed by atoms with E-state index in [-0.39, 0.29) is 5.82 Å². The lowest BCUT2D eigenvalue weighted by molar-refractivity contribution is 0.307. The number of aliphatic imine (C=N–C) groups is 1. The number of ether oxygens (including phenoxy) is 1. The molecule has 0 amide bonds. The van der Waals surface area contributed by atoms with E-state index in [2.05, 4.69) is 18.8 Å². The van der Waals surface area contributed by atoms with Gasteiger partial charge in [-0.3, -0.25) is 4.99 Å². The maximum atomic E-state index is 12.7. The van der Waals surface area contributed by atoms with E-state index in [1.807, 2.05) is 4.90 Å². The molecule has 4 nitrogen and oxygen atoms in total. The van der Waals surface area contributed by atoms with Gasteiger partial charge >= 0.3 is 0 Å². The maximum Gasteiger partial charge on any atom is 0.191 e. The molecule has 20 heavy (non-hydrogen) atoms. The van der Waals surface area contributed by atoms with Crippen LogP contribution in [0.3, 0.4) is 0 Å². The number of rotatable bonds is 8. The molecule has 112 valence electrons. The van der Waals surface area contributed by atoms with Crippen LogP contribution in [0.1, 0.15) is 26.7 Å². The number of unbranched alkanes of at least 4 members (excludes halogenated alkanes) is 1. The minimum atomic E-state index is -0.251. The number of benzene rings is 1. The Morgan fingerprint density at radius 1 is 1.20 bits per heavy atom. The fourth-order valence-electron chi connectivity index (χ4n) is 1.78. The Labute approximate surface area is 120 Å². The minimum absolute atomic E-state index is 0.251. The van der Waals surface area contributed by atoms with Gasteiger partial charge in [0.2, 0.25) is 0 Å². The smallest absolute Gasteiger partial charge is 0.191 e. The quantitative estimate of drug-likeness (QED) is 0.453. The van der Waals surface area contributed by atoms with E-state index in [0.29, 0.717) is 24.9 Å². The lowest BCUT2D eigenvalue weighted by atomic mass is 10.3. The lowest BCUT2D eigenvalue weighted by Gasteiger charge is -2.19. The van der Waals surface area contributed by atoms with Crippen molar-refractivity contribution >= 4 is 5.96 Å². The summed E-state index contributed by atoms with van der Waals surface area (Å²) in [5, 5.41) is 0. The van der Waals surface area contributed by atoms with Gasteiger partial charge in [0.25, 0.3) is 0 Å². The van der Waals surface area contributed by atoms with Crippen molar-refractivity contribution in [2.75, 3.05) is 26.2 Å². The average molecular weight is 281 g/mol. The van der Waals surface area contributed by atoms with Crippen LogP contribution in [0.2, 0.25) is 0 Å². The highest BCUT2D eigenvalue weighted by Crippen LogP contribution is 2.11. The first-order chi connectivity index (χ1) is 9.67. The summed E-state index contributed by atoms with van der Waals surface area (Å²) in [5.74, 6) is 1.05. The van der Waals surface area contributed by atoms with Gasteiger partial charge in [-0.25, -0.2) is 4.39 Å². The second-order valence-electron chi connectivity index (χ2n) is 4.42. The molecule has 1 aromatic carbocycles. The Morgan fingerprint density at radius 2 is 1.85 bits per heavy atom. The molecule has 0 aliphatic rings. The van der Waals surface area contributed by atoms with E-state index in [0.717, 1.165) is 25.9 Å². The zero-order valence-electron chi connectivity index (χ0n) is 12.3. The van der Waals surface area contributed by atoms with Gasteiger partial charge in [-0.2, -0.15) is 0 Å². The third-order valence-electron chi connectivity index (χ3n) is 3.00. The van der Waals surface area contributed by atoms with Crippen molar-refractivity contribution in [1.82, 2.24) is 4.90 Å². The van der Waals surface area contributed by atoms with E-state index in [1.54, 1.807) is 12.1 Å². The predicted octanol–water partition coefficient (Wildman–Crippen LogP) is 2.64. The van der Waals surface area contributed by atoms with E-state index >= 15 is 0 Å². The first-order valence-corrected chi connectivity index (χ1v) is 7.10. The second kappa shape index (κ2) is 9.18. The SMILES string of the molecule is CCN(CC)C(N)=NCCCCOc1ccc(F)cc1. The fourth-order valence-corrected chi connectivity index (χ4v) is 1.78. The molecule has 0 unspecified atom stereocenters. The van der Waals surface area contributed by atoms with E-state index < -0.39 is 0 Å². The Kier molecular flexibility index (Phi) is 7.47. The molecule has 0 saturated carbocycles. The summed E-state index contributed by atoms with van der Waals surface area (Å²) >= 11 is 0. The highest BCUT2D eigenvalue weighted by atomic mass is 19.1. The summed E-state index contributed by atoms with van der Waals surface area (Å²) in [5.41, 5.74) is 5.87. The van der Waals surface area contributed by atoms with Crippen LogP contribution in [-0.4, -0.2) is 37.1 Å². The van der Waals surface area contributed by atoms with Crippen LogP contribution in [-0.2, 0) is 0 Å². The molecule has 0 radical (unpaired) electrons. The first-order valence-electron chi connectivity index (χ1n) is 7.10. The third-order valence-corrected chi connectivity index (χ3v) is 3.00. The van der Waals surface area contributed by atoms with Gasteiger partial charge in [0, 0.05) is 19.6 Å². The van der Waals surface area contributed by atoms with Crippen molar-refractivity contribution in [3.63, 3.8) is 0 Å². The van der Waals surface area contributed by atoms with Crippen LogP contribution >= 0.6 is 0 Å². The number of hydrogen-bond acceptors (Lipinski definition) is 2. The average Bonchev–Trinajstić information content (AvgIpc) is 2.46. The van der Waals surface area contributed by atoms with Crippen LogP contribution in [0.25, 0.3) is 0 Å². The molecule has 1 rings (SSSR count). The third kappa shape index (κ3) is 5.91. The highest BCUT2D eigenvalue weighted by molar-refractivity contribution is 5.77. The maximum absolute atomic E-state index is 12.7. The Bertz CT molecular complexity index is 402. The molecule has 0 aromatic heterocycles. The van der Waals surface area contributed by atoms with Gasteiger partial charge in [-0.05, 0) is 51.0 Å². The molecule has 0 spiro atoms. The standard InChI is InChI=1S/C15H24FN3O/c1-3-19(4-2)15(17)18-11-5-6-12-20-14-9-7-13(16)8-10-14/h7-10H,3-6,11-12H2,1-2H3,(H2,17,18). The predicted molar refractivity (Wildman–Crippen MR) is 80.5 cm³/mol. The number of hydrogen-bond donors (Lipinski definition) is 1. The number of nitrogens with two attached hydrogens (primary N) is 1. The van der Waals surface area contributed by atoms with Crippen molar-refractivity contribution in [2.24, 2.45) is 10.7 Å². The zero-order chi connectivity index (χ0) is 14.8. The molecular weight excluding hydrogens is 257 g/mol. The lowest BCUT2D eigenvalue weighted by Crippen LogP contribution is -2.37. The Hall–Kier alpha value is -1.78. The number of nitrogens with zero attached hydrogens (tertiary/aromatic N) is 2. The van der Waals surface area contributed by atoms with Crippen molar-refractivity contribution < 1.29 is 9.13 Å². The molecule has 2 N–H and O–H groups in total. The molecule has 1 aromatic rings. The Morgan fingerprint density at radius 3 is 2.45 bits per heavy atom.